The summed E-state index contributed by atoms with van der Waals surface area (Å²) in [5, 5.41) is 6.12. The number of nitrogens with one attached hydrogen (secondary N) is 2. The van der Waals surface area contributed by atoms with Crippen LogP contribution in [0.4, 0.5) is 16.2 Å². The van der Waals surface area contributed by atoms with E-state index >= 15 is 0 Å². The summed E-state index contributed by atoms with van der Waals surface area (Å²) in [6.07, 6.45) is 9.66. The highest BCUT2D eigenvalue weighted by Gasteiger charge is 2.11. The van der Waals surface area contributed by atoms with Crippen molar-refractivity contribution in [3.8, 4) is 12.3 Å². The molecule has 0 bridgehead atoms. The smallest absolute Gasteiger partial charge is 0.330 e. The zero-order valence-electron chi connectivity index (χ0n) is 20.8. The van der Waals surface area contributed by atoms with Gasteiger partial charge in [-0.25, -0.2) is 9.59 Å². The standard InChI is InChI=1S/C28H28N6O3/c1-4-15-34(16-13-20-7-12-25-24(17-20)26(35)33(3)28(37)32(25)2)23-10-8-22(9-11-23)31-27(36)30-19-21-6-5-14-29-18-21/h1,5-12,14,17-18H,13,15-16,19H2,2-3H3,(H2,30,31,36). The lowest BCUT2D eigenvalue weighted by Crippen LogP contribution is -2.37. The highest BCUT2D eigenvalue weighted by molar-refractivity contribution is 5.89. The molecule has 0 fully saturated rings. The Morgan fingerprint density at radius 2 is 1.84 bits per heavy atom. The van der Waals surface area contributed by atoms with Crippen LogP contribution >= 0.6 is 0 Å². The molecule has 0 saturated carbocycles. The van der Waals surface area contributed by atoms with Crippen LogP contribution in [0.1, 0.15) is 11.1 Å². The fourth-order valence-electron chi connectivity index (χ4n) is 4.09. The Kier molecular flexibility index (Phi) is 7.69. The normalized spacial score (nSPS) is 10.6. The second-order valence-electron chi connectivity index (χ2n) is 8.65. The van der Waals surface area contributed by atoms with Crippen molar-refractivity contribution in [3.63, 3.8) is 0 Å². The van der Waals surface area contributed by atoms with Gasteiger partial charge >= 0.3 is 11.7 Å². The van der Waals surface area contributed by atoms with E-state index in [2.05, 4.69) is 26.4 Å². The summed E-state index contributed by atoms with van der Waals surface area (Å²) in [6, 6.07) is 16.4. The van der Waals surface area contributed by atoms with Gasteiger partial charge in [0.05, 0.1) is 17.4 Å². The second-order valence-corrected chi connectivity index (χ2v) is 8.65. The van der Waals surface area contributed by atoms with E-state index in [1.807, 2.05) is 48.5 Å². The molecular weight excluding hydrogens is 468 g/mol. The Balaban J connectivity index is 1.41. The third-order valence-corrected chi connectivity index (χ3v) is 6.15. The number of hydrogen-bond donors (Lipinski definition) is 2. The number of terminal acetylenes is 1. The molecule has 2 amide bonds. The number of urea groups is 1. The summed E-state index contributed by atoms with van der Waals surface area (Å²) >= 11 is 0. The molecule has 4 aromatic rings. The molecule has 0 saturated heterocycles. The number of anilines is 2. The molecule has 9 heteroatoms. The number of benzene rings is 2. The van der Waals surface area contributed by atoms with Crippen LogP contribution in [0.5, 0.6) is 0 Å². The lowest BCUT2D eigenvalue weighted by Gasteiger charge is -2.23. The van der Waals surface area contributed by atoms with E-state index in [9.17, 15) is 14.4 Å². The number of aryl methyl sites for hydroxylation is 1. The molecule has 0 atom stereocenters. The number of carbonyl (C=O) groups excluding carboxylic acids is 1. The van der Waals surface area contributed by atoms with Crippen LogP contribution in [0.15, 0.2) is 76.6 Å². The first-order chi connectivity index (χ1) is 17.9. The van der Waals surface area contributed by atoms with Crippen LogP contribution in [0, 0.1) is 12.3 Å². The fourth-order valence-corrected chi connectivity index (χ4v) is 4.09. The topological polar surface area (TPSA) is 101 Å². The summed E-state index contributed by atoms with van der Waals surface area (Å²) in [5.74, 6) is 2.69. The predicted molar refractivity (Wildman–Crippen MR) is 146 cm³/mol. The Morgan fingerprint density at radius 1 is 1.05 bits per heavy atom. The minimum absolute atomic E-state index is 0.308. The van der Waals surface area contributed by atoms with Gasteiger partial charge in [-0.1, -0.05) is 18.1 Å². The number of carbonyl (C=O) groups is 1. The average molecular weight is 497 g/mol. The van der Waals surface area contributed by atoms with Gasteiger partial charge in [-0.3, -0.25) is 18.9 Å². The van der Waals surface area contributed by atoms with Crippen molar-refractivity contribution >= 4 is 28.3 Å². The number of rotatable bonds is 8. The SMILES string of the molecule is C#CCN(CCc1ccc2c(c1)c(=O)n(C)c(=O)n2C)c1ccc(NC(=O)NCc2cccnc2)cc1. The molecule has 0 aliphatic rings. The van der Waals surface area contributed by atoms with E-state index < -0.39 is 0 Å². The van der Waals surface area contributed by atoms with Gasteiger partial charge in [-0.05, 0) is 60.0 Å². The number of hydrogen-bond acceptors (Lipinski definition) is 5. The third-order valence-electron chi connectivity index (χ3n) is 6.15. The minimum Gasteiger partial charge on any atom is -0.360 e. The van der Waals surface area contributed by atoms with E-state index in [0.717, 1.165) is 21.4 Å². The minimum atomic E-state index is -0.352. The molecule has 2 N–H and O–H groups in total. The number of aromatic nitrogens is 3. The second kappa shape index (κ2) is 11.3. The molecule has 4 rings (SSSR count). The molecular formula is C28H28N6O3. The maximum absolute atomic E-state index is 12.6. The Hall–Kier alpha value is -4.84. The van der Waals surface area contributed by atoms with Crippen LogP contribution < -0.4 is 26.8 Å². The average Bonchev–Trinajstić information content (AvgIpc) is 2.93. The van der Waals surface area contributed by atoms with Gasteiger partial charge in [0.25, 0.3) is 5.56 Å². The van der Waals surface area contributed by atoms with Gasteiger partial charge in [0, 0.05) is 51.0 Å². The van der Waals surface area contributed by atoms with Crippen molar-refractivity contribution in [3.05, 3.63) is 99.0 Å². The van der Waals surface area contributed by atoms with E-state index in [4.69, 9.17) is 6.42 Å². The van der Waals surface area contributed by atoms with Crippen molar-refractivity contribution in [2.45, 2.75) is 13.0 Å². The number of fused-ring (bicyclic) bond motifs is 1. The first-order valence-electron chi connectivity index (χ1n) is 11.8. The van der Waals surface area contributed by atoms with Crippen LogP contribution in [0.2, 0.25) is 0 Å². The summed E-state index contributed by atoms with van der Waals surface area (Å²) in [7, 11) is 3.13. The number of pyridine rings is 1. The van der Waals surface area contributed by atoms with Crippen LogP contribution in [-0.4, -0.2) is 33.2 Å². The van der Waals surface area contributed by atoms with Gasteiger partial charge in [-0.2, -0.15) is 0 Å². The Labute approximate surface area is 214 Å². The van der Waals surface area contributed by atoms with Gasteiger partial charge in [0.2, 0.25) is 0 Å². The summed E-state index contributed by atoms with van der Waals surface area (Å²) < 4.78 is 2.59. The third kappa shape index (κ3) is 5.87. The molecule has 0 spiro atoms. The summed E-state index contributed by atoms with van der Waals surface area (Å²) in [6.45, 7) is 1.41. The highest BCUT2D eigenvalue weighted by atomic mass is 16.2. The molecule has 2 aromatic heterocycles. The van der Waals surface area contributed by atoms with Gasteiger partial charge < -0.3 is 15.5 Å². The number of nitrogens with zero attached hydrogens (tertiary/aromatic N) is 4. The summed E-state index contributed by atoms with van der Waals surface area (Å²) in [4.78, 5) is 43.1. The Bertz CT molecular complexity index is 1570. The first-order valence-corrected chi connectivity index (χ1v) is 11.8. The van der Waals surface area contributed by atoms with Crippen LogP contribution in [0.3, 0.4) is 0 Å². The van der Waals surface area contributed by atoms with Crippen molar-refractivity contribution < 1.29 is 4.79 Å². The monoisotopic (exact) mass is 496 g/mol. The molecule has 0 aliphatic heterocycles. The predicted octanol–water partition coefficient (Wildman–Crippen LogP) is 2.64. The summed E-state index contributed by atoms with van der Waals surface area (Å²) in [5.41, 5.74) is 3.39. The molecule has 2 heterocycles. The molecule has 0 radical (unpaired) electrons. The van der Waals surface area contributed by atoms with E-state index in [1.54, 1.807) is 25.5 Å². The number of amides is 2. The molecule has 188 valence electrons. The maximum Gasteiger partial charge on any atom is 0.330 e. The Morgan fingerprint density at radius 3 is 2.54 bits per heavy atom. The van der Waals surface area contributed by atoms with E-state index in [-0.39, 0.29) is 17.3 Å². The van der Waals surface area contributed by atoms with Crippen molar-refractivity contribution in [1.82, 2.24) is 19.4 Å². The lowest BCUT2D eigenvalue weighted by atomic mass is 10.1. The zero-order valence-corrected chi connectivity index (χ0v) is 20.8. The van der Waals surface area contributed by atoms with Gasteiger partial charge in [0.15, 0.2) is 0 Å². The fraction of sp³-hybridized carbons (Fsp3) is 0.214. The molecule has 2 aromatic carbocycles. The largest absolute Gasteiger partial charge is 0.360 e. The molecule has 0 aliphatic carbocycles. The molecule has 0 unspecified atom stereocenters. The molecule has 37 heavy (non-hydrogen) atoms. The van der Waals surface area contributed by atoms with Crippen LogP contribution in [-0.2, 0) is 27.1 Å². The van der Waals surface area contributed by atoms with E-state index in [1.165, 1.54) is 11.6 Å². The van der Waals surface area contributed by atoms with Crippen molar-refractivity contribution in [2.75, 3.05) is 23.3 Å². The van der Waals surface area contributed by atoms with Gasteiger partial charge in [0.1, 0.15) is 0 Å². The van der Waals surface area contributed by atoms with Crippen molar-refractivity contribution in [2.24, 2.45) is 14.1 Å². The van der Waals surface area contributed by atoms with Crippen molar-refractivity contribution in [1.29, 1.82) is 0 Å². The molecule has 9 nitrogen and oxygen atoms in total. The van der Waals surface area contributed by atoms with E-state index in [0.29, 0.717) is 42.6 Å². The van der Waals surface area contributed by atoms with Crippen LogP contribution in [0.25, 0.3) is 10.9 Å². The van der Waals surface area contributed by atoms with Gasteiger partial charge in [-0.15, -0.1) is 6.42 Å². The zero-order chi connectivity index (χ0) is 26.4. The lowest BCUT2D eigenvalue weighted by molar-refractivity contribution is 0.251. The first kappa shape index (κ1) is 25.3. The quantitative estimate of drug-likeness (QED) is 0.365. The highest BCUT2D eigenvalue weighted by Crippen LogP contribution is 2.19. The maximum atomic E-state index is 12.6.